The zero-order valence-corrected chi connectivity index (χ0v) is 9.45. The lowest BCUT2D eigenvalue weighted by Crippen LogP contribution is -2.66. The number of carbonyl (C=O) groups excluding carboxylic acids is 2. The van der Waals surface area contributed by atoms with Crippen molar-refractivity contribution < 1.29 is 9.59 Å². The summed E-state index contributed by atoms with van der Waals surface area (Å²) in [4.78, 5) is 25.5. The molecule has 0 aromatic rings. The van der Waals surface area contributed by atoms with Gasteiger partial charge in [0.25, 0.3) is 0 Å². The van der Waals surface area contributed by atoms with Crippen molar-refractivity contribution in [3.8, 4) is 12.3 Å². The van der Waals surface area contributed by atoms with Crippen molar-refractivity contribution in [1.82, 2.24) is 10.2 Å². The molecule has 1 heterocycles. The summed E-state index contributed by atoms with van der Waals surface area (Å²) in [6.45, 7) is 1.87. The van der Waals surface area contributed by atoms with Gasteiger partial charge >= 0.3 is 0 Å². The number of hydrogen-bond donors (Lipinski definition) is 1. The highest BCUT2D eigenvalue weighted by molar-refractivity contribution is 5.98. The molecule has 86 valence electrons. The Morgan fingerprint density at radius 2 is 2.06 bits per heavy atom. The second-order valence-corrected chi connectivity index (χ2v) is 4.61. The van der Waals surface area contributed by atoms with Crippen LogP contribution in [0.5, 0.6) is 0 Å². The molecule has 16 heavy (non-hydrogen) atoms. The smallest absolute Gasteiger partial charge is 0.249 e. The molecule has 1 unspecified atom stereocenters. The molecular weight excluding hydrogens is 204 g/mol. The summed E-state index contributed by atoms with van der Waals surface area (Å²) in [5.41, 5.74) is -0.652. The second kappa shape index (κ2) is 3.82. The van der Waals surface area contributed by atoms with Gasteiger partial charge < -0.3 is 10.2 Å². The molecule has 4 heteroatoms. The van der Waals surface area contributed by atoms with E-state index in [0.29, 0.717) is 0 Å². The van der Waals surface area contributed by atoms with Crippen molar-refractivity contribution in [3.05, 3.63) is 0 Å². The largest absolute Gasteiger partial charge is 0.340 e. The Labute approximate surface area is 95.4 Å². The highest BCUT2D eigenvalue weighted by Gasteiger charge is 2.48. The van der Waals surface area contributed by atoms with Gasteiger partial charge in [-0.3, -0.25) is 9.59 Å². The molecule has 2 aliphatic rings. The van der Waals surface area contributed by atoms with Gasteiger partial charge in [-0.15, -0.1) is 6.42 Å². The molecular formula is C12H16N2O2. The Morgan fingerprint density at radius 1 is 1.44 bits per heavy atom. The number of amides is 2. The van der Waals surface area contributed by atoms with Crippen molar-refractivity contribution >= 4 is 11.8 Å². The first kappa shape index (κ1) is 11.0. The fraction of sp³-hybridized carbons (Fsp3) is 0.667. The monoisotopic (exact) mass is 220 g/mol. The fourth-order valence-electron chi connectivity index (χ4n) is 2.58. The zero-order chi connectivity index (χ0) is 11.8. The lowest BCUT2D eigenvalue weighted by atomic mass is 9.92. The highest BCUT2D eigenvalue weighted by Crippen LogP contribution is 2.33. The van der Waals surface area contributed by atoms with Crippen LogP contribution in [0.4, 0.5) is 0 Å². The summed E-state index contributed by atoms with van der Waals surface area (Å²) in [6, 6.07) is -0.309. The molecule has 2 rings (SSSR count). The zero-order valence-electron chi connectivity index (χ0n) is 9.45. The number of rotatable bonds is 1. The van der Waals surface area contributed by atoms with Gasteiger partial charge in [0.1, 0.15) is 12.1 Å². The van der Waals surface area contributed by atoms with Gasteiger partial charge in [-0.05, 0) is 19.8 Å². The molecule has 2 fully saturated rings. The van der Waals surface area contributed by atoms with E-state index in [2.05, 4.69) is 11.2 Å². The van der Waals surface area contributed by atoms with Crippen LogP contribution in [-0.2, 0) is 9.59 Å². The van der Waals surface area contributed by atoms with Gasteiger partial charge in [0, 0.05) is 0 Å². The van der Waals surface area contributed by atoms with Gasteiger partial charge in [0.2, 0.25) is 11.8 Å². The van der Waals surface area contributed by atoms with E-state index in [1.165, 1.54) is 4.90 Å². The van der Waals surface area contributed by atoms with Gasteiger partial charge in [-0.1, -0.05) is 18.8 Å². The average Bonchev–Trinajstić information content (AvgIpc) is 2.72. The van der Waals surface area contributed by atoms with E-state index < -0.39 is 5.54 Å². The van der Waals surface area contributed by atoms with Crippen molar-refractivity contribution in [2.24, 2.45) is 0 Å². The number of carbonyl (C=O) groups is 2. The maximum absolute atomic E-state index is 12.3. The van der Waals surface area contributed by atoms with E-state index in [4.69, 9.17) is 6.42 Å². The summed E-state index contributed by atoms with van der Waals surface area (Å²) in [5.74, 6) is 2.42. The van der Waals surface area contributed by atoms with Gasteiger partial charge in [0.15, 0.2) is 0 Å². The maximum Gasteiger partial charge on any atom is 0.249 e. The number of nitrogens with zero attached hydrogens (tertiary/aromatic N) is 1. The standard InChI is InChI=1S/C12H16N2O2/c1-3-9(2)14-8-10(15)13-12(11(14)16)6-4-5-7-12/h1,9H,4-8H2,2H3,(H,13,15). The summed E-state index contributed by atoms with van der Waals surface area (Å²) >= 11 is 0. The first-order valence-electron chi connectivity index (χ1n) is 5.67. The number of piperazine rings is 1. The first-order valence-corrected chi connectivity index (χ1v) is 5.67. The van der Waals surface area contributed by atoms with Crippen LogP contribution in [-0.4, -0.2) is 34.8 Å². The van der Waals surface area contributed by atoms with Crippen LogP contribution in [0.15, 0.2) is 0 Å². The Balaban J connectivity index is 2.26. The number of nitrogens with one attached hydrogen (secondary N) is 1. The summed E-state index contributed by atoms with van der Waals surface area (Å²) in [7, 11) is 0. The maximum atomic E-state index is 12.3. The summed E-state index contributed by atoms with van der Waals surface area (Å²) in [5, 5.41) is 2.85. The van der Waals surface area contributed by atoms with E-state index in [1.54, 1.807) is 6.92 Å². The molecule has 2 amide bonds. The Morgan fingerprint density at radius 3 is 2.62 bits per heavy atom. The van der Waals surface area contributed by atoms with Crippen LogP contribution in [0.3, 0.4) is 0 Å². The number of hydrogen-bond acceptors (Lipinski definition) is 2. The third-order valence-corrected chi connectivity index (χ3v) is 3.53. The van der Waals surface area contributed by atoms with Crippen LogP contribution < -0.4 is 5.32 Å². The van der Waals surface area contributed by atoms with Crippen LogP contribution in [0.1, 0.15) is 32.6 Å². The second-order valence-electron chi connectivity index (χ2n) is 4.61. The first-order chi connectivity index (χ1) is 7.59. The van der Waals surface area contributed by atoms with E-state index >= 15 is 0 Å². The van der Waals surface area contributed by atoms with Crippen LogP contribution >= 0.6 is 0 Å². The molecule has 0 bridgehead atoms. The van der Waals surface area contributed by atoms with E-state index in [-0.39, 0.29) is 24.4 Å². The highest BCUT2D eigenvalue weighted by atomic mass is 16.2. The Bertz CT molecular complexity index is 364. The SMILES string of the molecule is C#CC(C)N1CC(=O)NC2(CCCC2)C1=O. The third-order valence-electron chi connectivity index (χ3n) is 3.53. The minimum atomic E-state index is -0.652. The molecule has 1 aliphatic heterocycles. The summed E-state index contributed by atoms with van der Waals surface area (Å²) in [6.07, 6.45) is 8.79. The van der Waals surface area contributed by atoms with Gasteiger partial charge in [0.05, 0.1) is 6.04 Å². The fourth-order valence-corrected chi connectivity index (χ4v) is 2.58. The van der Waals surface area contributed by atoms with E-state index in [1.807, 2.05) is 0 Å². The van der Waals surface area contributed by atoms with Crippen molar-refractivity contribution in [2.75, 3.05) is 6.54 Å². The predicted molar refractivity (Wildman–Crippen MR) is 59.3 cm³/mol. The molecule has 1 N–H and O–H groups in total. The lowest BCUT2D eigenvalue weighted by molar-refractivity contribution is -0.150. The average molecular weight is 220 g/mol. The Kier molecular flexibility index (Phi) is 2.63. The molecule has 0 aromatic carbocycles. The van der Waals surface area contributed by atoms with E-state index in [0.717, 1.165) is 25.7 Å². The molecule has 0 radical (unpaired) electrons. The quantitative estimate of drug-likeness (QED) is 0.645. The lowest BCUT2D eigenvalue weighted by Gasteiger charge is -2.41. The van der Waals surface area contributed by atoms with Crippen LogP contribution in [0.25, 0.3) is 0 Å². The topological polar surface area (TPSA) is 49.4 Å². The summed E-state index contributed by atoms with van der Waals surface area (Å²) < 4.78 is 0. The molecule has 1 saturated carbocycles. The van der Waals surface area contributed by atoms with Crippen LogP contribution in [0.2, 0.25) is 0 Å². The van der Waals surface area contributed by atoms with Crippen molar-refractivity contribution in [1.29, 1.82) is 0 Å². The van der Waals surface area contributed by atoms with Crippen molar-refractivity contribution in [2.45, 2.75) is 44.2 Å². The molecule has 1 spiro atoms. The van der Waals surface area contributed by atoms with Gasteiger partial charge in [-0.25, -0.2) is 0 Å². The van der Waals surface area contributed by atoms with Crippen LogP contribution in [0, 0.1) is 12.3 Å². The molecule has 1 aliphatic carbocycles. The number of terminal acetylenes is 1. The minimum absolute atomic E-state index is 0.00458. The van der Waals surface area contributed by atoms with E-state index in [9.17, 15) is 9.59 Å². The molecule has 1 saturated heterocycles. The predicted octanol–water partition coefficient (Wildman–Crippen LogP) is 0.279. The third kappa shape index (κ3) is 1.57. The minimum Gasteiger partial charge on any atom is -0.340 e. The molecule has 1 atom stereocenters. The Hall–Kier alpha value is -1.50. The van der Waals surface area contributed by atoms with Gasteiger partial charge in [-0.2, -0.15) is 0 Å². The molecule has 4 nitrogen and oxygen atoms in total. The van der Waals surface area contributed by atoms with Crippen molar-refractivity contribution in [3.63, 3.8) is 0 Å². The normalized spacial score (nSPS) is 25.4. The molecule has 0 aromatic heterocycles.